The molecule has 5 atom stereocenters. The number of rotatable bonds is 10. The van der Waals surface area contributed by atoms with Gasteiger partial charge in [0.1, 0.15) is 29.9 Å². The van der Waals surface area contributed by atoms with Crippen molar-refractivity contribution in [3.05, 3.63) is 35.8 Å². The van der Waals surface area contributed by atoms with Gasteiger partial charge in [0.2, 0.25) is 0 Å². The van der Waals surface area contributed by atoms with Gasteiger partial charge in [0.25, 0.3) is 0 Å². The number of nitrogens with zero attached hydrogens (tertiary/aromatic N) is 3. The SMILES string of the molecule is CCCCS[C@H]1OC(COC(C)=O)[C@H](OC(C)=O)[C@H](n2cc(-c3cc(F)c(F)c(F)c3)nn2)C1OC(C)=O. The molecule has 1 aromatic carbocycles. The maximum atomic E-state index is 13.9. The van der Waals surface area contributed by atoms with Gasteiger partial charge in [-0.05, 0) is 24.3 Å². The molecule has 0 spiro atoms. The van der Waals surface area contributed by atoms with Gasteiger partial charge in [0.15, 0.2) is 29.7 Å². The quantitative estimate of drug-likeness (QED) is 0.185. The molecule has 1 saturated heterocycles. The third kappa shape index (κ3) is 7.25. The summed E-state index contributed by atoms with van der Waals surface area (Å²) in [6.45, 7) is 5.30. The first-order valence-electron chi connectivity index (χ1n) is 11.8. The zero-order chi connectivity index (χ0) is 28.0. The molecule has 0 N–H and O–H groups in total. The van der Waals surface area contributed by atoms with Crippen molar-refractivity contribution in [2.45, 2.75) is 70.3 Å². The largest absolute Gasteiger partial charge is 0.463 e. The van der Waals surface area contributed by atoms with Crippen LogP contribution in [0.5, 0.6) is 0 Å². The van der Waals surface area contributed by atoms with Crippen LogP contribution in [0.25, 0.3) is 11.3 Å². The zero-order valence-electron chi connectivity index (χ0n) is 21.2. The van der Waals surface area contributed by atoms with Gasteiger partial charge in [-0.2, -0.15) is 0 Å². The fourth-order valence-corrected chi connectivity index (χ4v) is 5.24. The minimum Gasteiger partial charge on any atom is -0.463 e. The third-order valence-corrected chi connectivity index (χ3v) is 6.78. The van der Waals surface area contributed by atoms with Crippen LogP contribution in [-0.4, -0.2) is 69.0 Å². The van der Waals surface area contributed by atoms with Crippen LogP contribution in [0.3, 0.4) is 0 Å². The molecule has 2 heterocycles. The number of carbonyl (C=O) groups is 3. The first-order chi connectivity index (χ1) is 18.0. The van der Waals surface area contributed by atoms with Crippen molar-refractivity contribution in [1.82, 2.24) is 15.0 Å². The lowest BCUT2D eigenvalue weighted by molar-refractivity contribution is -0.212. The van der Waals surface area contributed by atoms with Crippen molar-refractivity contribution in [2.24, 2.45) is 0 Å². The Morgan fingerprint density at radius 1 is 1.03 bits per heavy atom. The first-order valence-corrected chi connectivity index (χ1v) is 12.9. The molecular weight excluding hydrogens is 531 g/mol. The van der Waals surface area contributed by atoms with E-state index in [1.165, 1.54) is 43.4 Å². The Morgan fingerprint density at radius 2 is 1.66 bits per heavy atom. The van der Waals surface area contributed by atoms with Crippen LogP contribution in [0.15, 0.2) is 18.3 Å². The second kappa shape index (κ2) is 13.1. The fraction of sp³-hybridized carbons (Fsp3) is 0.542. The number of esters is 3. The summed E-state index contributed by atoms with van der Waals surface area (Å²) in [5.74, 6) is -5.75. The number of thioether (sulfide) groups is 1. The highest BCUT2D eigenvalue weighted by Crippen LogP contribution is 2.39. The third-order valence-electron chi connectivity index (χ3n) is 5.55. The molecule has 0 aliphatic carbocycles. The van der Waals surface area contributed by atoms with E-state index in [2.05, 4.69) is 10.3 Å². The number of halogens is 3. The summed E-state index contributed by atoms with van der Waals surface area (Å²) >= 11 is 1.36. The molecule has 0 saturated carbocycles. The molecule has 3 rings (SSSR count). The van der Waals surface area contributed by atoms with Crippen LogP contribution >= 0.6 is 11.8 Å². The Morgan fingerprint density at radius 3 is 2.24 bits per heavy atom. The summed E-state index contributed by atoms with van der Waals surface area (Å²) in [5, 5.41) is 7.99. The van der Waals surface area contributed by atoms with E-state index in [-0.39, 0.29) is 17.9 Å². The molecule has 38 heavy (non-hydrogen) atoms. The van der Waals surface area contributed by atoms with Crippen molar-refractivity contribution in [3.63, 3.8) is 0 Å². The molecule has 1 aromatic heterocycles. The zero-order valence-corrected chi connectivity index (χ0v) is 22.0. The van der Waals surface area contributed by atoms with Crippen molar-refractivity contribution in [3.8, 4) is 11.3 Å². The fourth-order valence-electron chi connectivity index (χ4n) is 3.92. The second-order valence-corrected chi connectivity index (χ2v) is 9.75. The maximum Gasteiger partial charge on any atom is 0.303 e. The van der Waals surface area contributed by atoms with Gasteiger partial charge < -0.3 is 18.9 Å². The lowest BCUT2D eigenvalue weighted by atomic mass is 9.96. The smallest absolute Gasteiger partial charge is 0.303 e. The number of benzene rings is 1. The monoisotopic (exact) mass is 559 g/mol. The van der Waals surface area contributed by atoms with Gasteiger partial charge in [-0.25, -0.2) is 17.9 Å². The summed E-state index contributed by atoms with van der Waals surface area (Å²) in [5.41, 5.74) is -0.904. The minimum atomic E-state index is -1.63. The number of hydrogen-bond acceptors (Lipinski definition) is 10. The molecule has 2 aromatic rings. The van der Waals surface area contributed by atoms with Crippen molar-refractivity contribution < 1.29 is 46.5 Å². The Balaban J connectivity index is 2.09. The molecule has 1 aliphatic rings. The van der Waals surface area contributed by atoms with E-state index in [0.29, 0.717) is 5.75 Å². The Hall–Kier alpha value is -3.13. The van der Waals surface area contributed by atoms with Crippen LogP contribution in [0.1, 0.15) is 46.6 Å². The van der Waals surface area contributed by atoms with E-state index in [4.69, 9.17) is 18.9 Å². The number of aromatic nitrogens is 3. The number of ether oxygens (including phenoxy) is 4. The van der Waals surface area contributed by atoms with Crippen molar-refractivity contribution in [2.75, 3.05) is 12.4 Å². The average molecular weight is 560 g/mol. The lowest BCUT2D eigenvalue weighted by Gasteiger charge is -2.44. The highest BCUT2D eigenvalue weighted by atomic mass is 32.2. The standard InChI is InChI=1S/C24H28F3N3O7S/c1-5-6-7-38-24-23(36-14(4)33)21(22(35-13(3)32)19(37-24)11-34-12(2)31)30-10-18(28-29-30)15-8-16(25)20(27)17(26)9-15/h8-10,19,21-24H,5-7,11H2,1-4H3/t19?,21-,22-,23?,24+/m0/s1. The van der Waals surface area contributed by atoms with Gasteiger partial charge in [-0.3, -0.25) is 14.4 Å². The van der Waals surface area contributed by atoms with Crippen LogP contribution in [0.2, 0.25) is 0 Å². The molecule has 1 aliphatic heterocycles. The van der Waals surface area contributed by atoms with E-state index in [1.54, 1.807) is 0 Å². The second-order valence-electron chi connectivity index (χ2n) is 8.55. The Labute approximate surface area is 221 Å². The van der Waals surface area contributed by atoms with E-state index in [0.717, 1.165) is 25.0 Å². The van der Waals surface area contributed by atoms with Crippen LogP contribution < -0.4 is 0 Å². The van der Waals surface area contributed by atoms with Gasteiger partial charge in [-0.15, -0.1) is 16.9 Å². The maximum absolute atomic E-state index is 13.9. The molecule has 0 radical (unpaired) electrons. The predicted octanol–water partition coefficient (Wildman–Crippen LogP) is 3.59. The van der Waals surface area contributed by atoms with Gasteiger partial charge in [0, 0.05) is 26.3 Å². The highest BCUT2D eigenvalue weighted by molar-refractivity contribution is 7.99. The van der Waals surface area contributed by atoms with Gasteiger partial charge in [0.05, 0.1) is 6.20 Å². The van der Waals surface area contributed by atoms with E-state index in [9.17, 15) is 27.6 Å². The first kappa shape index (κ1) is 29.4. The number of carbonyl (C=O) groups excluding carboxylic acids is 3. The van der Waals surface area contributed by atoms with E-state index < -0.39 is 65.1 Å². The van der Waals surface area contributed by atoms with Crippen LogP contribution in [0, 0.1) is 17.5 Å². The molecule has 1 fully saturated rings. The van der Waals surface area contributed by atoms with Gasteiger partial charge >= 0.3 is 17.9 Å². The topological polar surface area (TPSA) is 119 Å². The molecule has 10 nitrogen and oxygen atoms in total. The molecule has 14 heteroatoms. The van der Waals surface area contributed by atoms with Crippen LogP contribution in [-0.2, 0) is 33.3 Å². The molecular formula is C24H28F3N3O7S. The molecule has 0 amide bonds. The molecule has 2 unspecified atom stereocenters. The summed E-state index contributed by atoms with van der Waals surface area (Å²) < 4.78 is 64.8. The lowest BCUT2D eigenvalue weighted by Crippen LogP contribution is -2.57. The summed E-state index contributed by atoms with van der Waals surface area (Å²) in [4.78, 5) is 35.7. The Bertz CT molecular complexity index is 1140. The van der Waals surface area contributed by atoms with Gasteiger partial charge in [-0.1, -0.05) is 18.6 Å². The van der Waals surface area contributed by atoms with E-state index in [1.807, 2.05) is 6.92 Å². The predicted molar refractivity (Wildman–Crippen MR) is 128 cm³/mol. The molecule has 0 bridgehead atoms. The Kier molecular flexibility index (Phi) is 10.1. The average Bonchev–Trinajstić information content (AvgIpc) is 3.32. The molecule has 208 valence electrons. The van der Waals surface area contributed by atoms with Crippen molar-refractivity contribution >= 4 is 29.7 Å². The number of hydrogen-bond donors (Lipinski definition) is 0. The summed E-state index contributed by atoms with van der Waals surface area (Å²) in [6, 6.07) is 0.487. The number of unbranched alkanes of at least 4 members (excludes halogenated alkanes) is 1. The van der Waals surface area contributed by atoms with Crippen molar-refractivity contribution in [1.29, 1.82) is 0 Å². The highest BCUT2D eigenvalue weighted by Gasteiger charge is 2.51. The normalized spacial score (nSPS) is 23.1. The minimum absolute atomic E-state index is 0.0239. The van der Waals surface area contributed by atoms with E-state index >= 15 is 0 Å². The summed E-state index contributed by atoms with van der Waals surface area (Å²) in [6.07, 6.45) is -0.178. The summed E-state index contributed by atoms with van der Waals surface area (Å²) in [7, 11) is 0. The van der Waals surface area contributed by atoms with Crippen LogP contribution in [0.4, 0.5) is 13.2 Å².